The van der Waals surface area contributed by atoms with Crippen molar-refractivity contribution in [3.8, 4) is 0 Å². The summed E-state index contributed by atoms with van der Waals surface area (Å²) in [6, 6.07) is 0. The molecule has 0 spiro atoms. The monoisotopic (exact) mass is 230 g/mol. The lowest BCUT2D eigenvalue weighted by molar-refractivity contribution is -0.155. The third-order valence-corrected chi connectivity index (χ3v) is 2.53. The first-order valence-corrected chi connectivity index (χ1v) is 5.47. The zero-order valence-electron chi connectivity index (χ0n) is 8.26. The molecule has 1 aliphatic rings. The fourth-order valence-corrected chi connectivity index (χ4v) is 1.69. The van der Waals surface area contributed by atoms with Crippen LogP contribution in [-0.4, -0.2) is 29.4 Å². The summed E-state index contributed by atoms with van der Waals surface area (Å²) in [6.07, 6.45) is 4.65. The first-order chi connectivity index (χ1) is 7.16. The van der Waals surface area contributed by atoms with E-state index in [1.165, 1.54) is 0 Å². The highest BCUT2D eigenvalue weighted by Gasteiger charge is 2.34. The minimum atomic E-state index is -0.938. The van der Waals surface area contributed by atoms with Crippen molar-refractivity contribution < 1.29 is 19.4 Å². The number of hydrogen-bond donors (Lipinski definition) is 2. The van der Waals surface area contributed by atoms with Crippen molar-refractivity contribution in [1.29, 1.82) is 0 Å². The molecule has 0 bridgehead atoms. The van der Waals surface area contributed by atoms with E-state index in [1.54, 1.807) is 6.08 Å². The summed E-state index contributed by atoms with van der Waals surface area (Å²) in [5.74, 6) is -2.25. The van der Waals surface area contributed by atoms with E-state index in [0.717, 1.165) is 0 Å². The number of rotatable bonds is 4. The van der Waals surface area contributed by atoms with Crippen LogP contribution in [0.15, 0.2) is 12.2 Å². The molecule has 0 aromatic rings. The largest absolute Gasteiger partial charge is 0.481 e. The molecule has 0 aromatic heterocycles. The van der Waals surface area contributed by atoms with Crippen LogP contribution in [0.2, 0.25) is 0 Å². The Balaban J connectivity index is 2.63. The van der Waals surface area contributed by atoms with Gasteiger partial charge in [0.15, 0.2) is 0 Å². The second-order valence-electron chi connectivity index (χ2n) is 3.37. The van der Waals surface area contributed by atoms with E-state index in [0.29, 0.717) is 18.6 Å². The highest BCUT2D eigenvalue weighted by molar-refractivity contribution is 7.80. The maximum absolute atomic E-state index is 11.5. The molecule has 1 N–H and O–H groups in total. The van der Waals surface area contributed by atoms with E-state index in [4.69, 9.17) is 9.84 Å². The third kappa shape index (κ3) is 3.27. The number of ether oxygens (including phenoxy) is 1. The Hall–Kier alpha value is -0.970. The molecule has 0 saturated carbocycles. The number of aliphatic carboxylic acids is 1. The standard InChI is InChI=1S/C10H14O4S/c11-9(12)7-3-1-2-4-8(7)10(13)14-5-6-15/h2,4,7-8,15H,1,3,5-6H2,(H,11,12). The fraction of sp³-hybridized carbons (Fsp3) is 0.600. The molecule has 15 heavy (non-hydrogen) atoms. The van der Waals surface area contributed by atoms with E-state index >= 15 is 0 Å². The minimum Gasteiger partial charge on any atom is -0.481 e. The smallest absolute Gasteiger partial charge is 0.313 e. The van der Waals surface area contributed by atoms with Crippen LogP contribution in [0.4, 0.5) is 0 Å². The molecule has 0 amide bonds. The summed E-state index contributed by atoms with van der Waals surface area (Å²) in [6.45, 7) is 0.221. The lowest BCUT2D eigenvalue weighted by Gasteiger charge is -2.22. The predicted octanol–water partition coefficient (Wildman–Crippen LogP) is 1.13. The molecular formula is C10H14O4S. The molecular weight excluding hydrogens is 216 g/mol. The van der Waals surface area contributed by atoms with Crippen LogP contribution >= 0.6 is 12.6 Å². The summed E-state index contributed by atoms with van der Waals surface area (Å²) < 4.78 is 4.88. The number of esters is 1. The Morgan fingerprint density at radius 1 is 1.53 bits per heavy atom. The van der Waals surface area contributed by atoms with Gasteiger partial charge in [-0.2, -0.15) is 12.6 Å². The molecule has 2 atom stereocenters. The molecule has 1 aliphatic carbocycles. The first-order valence-electron chi connectivity index (χ1n) is 4.83. The second kappa shape index (κ2) is 5.80. The van der Waals surface area contributed by atoms with E-state index in [-0.39, 0.29) is 6.61 Å². The maximum Gasteiger partial charge on any atom is 0.313 e. The summed E-state index contributed by atoms with van der Waals surface area (Å²) in [4.78, 5) is 22.4. The molecule has 0 aromatic carbocycles. The van der Waals surface area contributed by atoms with Crippen LogP contribution in [0.25, 0.3) is 0 Å². The van der Waals surface area contributed by atoms with Crippen molar-refractivity contribution in [3.63, 3.8) is 0 Å². The number of carboxylic acids is 1. The summed E-state index contributed by atoms with van der Waals surface area (Å²) >= 11 is 3.91. The van der Waals surface area contributed by atoms with Gasteiger partial charge in [0.1, 0.15) is 6.61 Å². The molecule has 4 nitrogen and oxygen atoms in total. The number of carbonyl (C=O) groups excluding carboxylic acids is 1. The van der Waals surface area contributed by atoms with E-state index in [1.807, 2.05) is 6.08 Å². The van der Waals surface area contributed by atoms with Crippen LogP contribution in [-0.2, 0) is 14.3 Å². The van der Waals surface area contributed by atoms with Crippen molar-refractivity contribution in [3.05, 3.63) is 12.2 Å². The van der Waals surface area contributed by atoms with Gasteiger partial charge in [0.2, 0.25) is 0 Å². The van der Waals surface area contributed by atoms with Crippen LogP contribution in [0.5, 0.6) is 0 Å². The lowest BCUT2D eigenvalue weighted by Crippen LogP contribution is -2.31. The molecule has 0 fully saturated rings. The van der Waals surface area contributed by atoms with Gasteiger partial charge in [0.25, 0.3) is 0 Å². The second-order valence-corrected chi connectivity index (χ2v) is 3.81. The zero-order valence-corrected chi connectivity index (χ0v) is 9.15. The molecule has 2 unspecified atom stereocenters. The van der Waals surface area contributed by atoms with Crippen molar-refractivity contribution in [1.82, 2.24) is 0 Å². The first kappa shape index (κ1) is 12.1. The van der Waals surface area contributed by atoms with Gasteiger partial charge in [-0.1, -0.05) is 12.2 Å². The molecule has 5 heteroatoms. The molecule has 84 valence electrons. The molecule has 0 saturated heterocycles. The van der Waals surface area contributed by atoms with Crippen molar-refractivity contribution in [2.75, 3.05) is 12.4 Å². The van der Waals surface area contributed by atoms with Crippen molar-refractivity contribution in [2.24, 2.45) is 11.8 Å². The van der Waals surface area contributed by atoms with Gasteiger partial charge >= 0.3 is 11.9 Å². The average Bonchev–Trinajstić information content (AvgIpc) is 2.25. The summed E-state index contributed by atoms with van der Waals surface area (Å²) in [5, 5.41) is 8.93. The topological polar surface area (TPSA) is 63.6 Å². The summed E-state index contributed by atoms with van der Waals surface area (Å²) in [5.41, 5.74) is 0. The van der Waals surface area contributed by atoms with Crippen molar-refractivity contribution >= 4 is 24.6 Å². The van der Waals surface area contributed by atoms with Crippen LogP contribution in [0.1, 0.15) is 12.8 Å². The van der Waals surface area contributed by atoms with E-state index in [2.05, 4.69) is 12.6 Å². The number of thiol groups is 1. The highest BCUT2D eigenvalue weighted by Crippen LogP contribution is 2.26. The number of carbonyl (C=O) groups is 2. The molecule has 0 radical (unpaired) electrons. The van der Waals surface area contributed by atoms with Gasteiger partial charge in [-0.3, -0.25) is 9.59 Å². The summed E-state index contributed by atoms with van der Waals surface area (Å²) in [7, 11) is 0. The Kier molecular flexibility index (Phi) is 4.68. The van der Waals surface area contributed by atoms with Gasteiger partial charge < -0.3 is 9.84 Å². The normalized spacial score (nSPS) is 24.9. The maximum atomic E-state index is 11.5. The van der Waals surface area contributed by atoms with Crippen LogP contribution in [0.3, 0.4) is 0 Å². The molecule has 0 aliphatic heterocycles. The molecule has 0 heterocycles. The van der Waals surface area contributed by atoms with Gasteiger partial charge in [-0.25, -0.2) is 0 Å². The van der Waals surface area contributed by atoms with Gasteiger partial charge in [0.05, 0.1) is 11.8 Å². The Labute approximate surface area is 93.7 Å². The highest BCUT2D eigenvalue weighted by atomic mass is 32.1. The molecule has 1 rings (SSSR count). The van der Waals surface area contributed by atoms with Crippen LogP contribution < -0.4 is 0 Å². The lowest BCUT2D eigenvalue weighted by atomic mass is 9.84. The van der Waals surface area contributed by atoms with Gasteiger partial charge in [-0.15, -0.1) is 0 Å². The van der Waals surface area contributed by atoms with E-state index in [9.17, 15) is 9.59 Å². The number of hydrogen-bond acceptors (Lipinski definition) is 4. The predicted molar refractivity (Wildman–Crippen MR) is 57.8 cm³/mol. The number of allylic oxidation sites excluding steroid dienone is 1. The van der Waals surface area contributed by atoms with Crippen molar-refractivity contribution in [2.45, 2.75) is 12.8 Å². The SMILES string of the molecule is O=C(OCCS)C1C=CCCC1C(=O)O. The van der Waals surface area contributed by atoms with Gasteiger partial charge in [-0.05, 0) is 12.8 Å². The van der Waals surface area contributed by atoms with Crippen LogP contribution in [0, 0.1) is 11.8 Å². The zero-order chi connectivity index (χ0) is 11.3. The quantitative estimate of drug-likeness (QED) is 0.431. The Bertz CT molecular complexity index is 275. The minimum absolute atomic E-state index is 0.221. The van der Waals surface area contributed by atoms with E-state index < -0.39 is 23.8 Å². The Morgan fingerprint density at radius 2 is 2.27 bits per heavy atom. The fourth-order valence-electron chi connectivity index (χ4n) is 1.59. The third-order valence-electron chi connectivity index (χ3n) is 2.35. The average molecular weight is 230 g/mol. The Morgan fingerprint density at radius 3 is 2.87 bits per heavy atom. The number of carboxylic acid groups (broad SMARTS) is 1. The van der Waals surface area contributed by atoms with Gasteiger partial charge in [0, 0.05) is 5.75 Å².